The van der Waals surface area contributed by atoms with Crippen LogP contribution in [0.1, 0.15) is 31.2 Å². The Bertz CT molecular complexity index is 439. The third-order valence-corrected chi connectivity index (χ3v) is 3.63. The number of hydrogen-bond donors (Lipinski definition) is 1. The van der Waals surface area contributed by atoms with Crippen LogP contribution in [0.15, 0.2) is 18.2 Å². The quantitative estimate of drug-likeness (QED) is 0.897. The molecule has 0 aromatic heterocycles. The van der Waals surface area contributed by atoms with Crippen LogP contribution in [0.2, 0.25) is 0 Å². The molecule has 0 aliphatic heterocycles. The molecular weight excluding hydrogens is 250 g/mol. The molecule has 0 atom stereocenters. The van der Waals surface area contributed by atoms with Gasteiger partial charge in [-0.2, -0.15) is 0 Å². The zero-order chi connectivity index (χ0) is 13.8. The van der Waals surface area contributed by atoms with Gasteiger partial charge in [-0.15, -0.1) is 0 Å². The van der Waals surface area contributed by atoms with Gasteiger partial charge in [-0.25, -0.2) is 13.6 Å². The first-order valence-corrected chi connectivity index (χ1v) is 6.54. The molecular formula is C14H18F2N2O. The van der Waals surface area contributed by atoms with E-state index in [0.29, 0.717) is 0 Å². The first kappa shape index (κ1) is 13.8. The molecule has 0 unspecified atom stereocenters. The minimum atomic E-state index is -0.605. The number of urea groups is 1. The van der Waals surface area contributed by atoms with Gasteiger partial charge in [-0.1, -0.05) is 18.9 Å². The predicted octanol–water partition coefficient (Wildman–Crippen LogP) is 3.05. The van der Waals surface area contributed by atoms with Gasteiger partial charge in [-0.05, 0) is 25.0 Å². The molecule has 1 saturated carbocycles. The second-order valence-electron chi connectivity index (χ2n) is 4.82. The number of rotatable bonds is 3. The minimum Gasteiger partial charge on any atom is -0.341 e. The van der Waals surface area contributed by atoms with Crippen molar-refractivity contribution in [3.63, 3.8) is 0 Å². The van der Waals surface area contributed by atoms with Crippen LogP contribution in [0.4, 0.5) is 13.6 Å². The van der Waals surface area contributed by atoms with Crippen LogP contribution in [0, 0.1) is 11.6 Å². The first-order chi connectivity index (χ1) is 9.13. The highest BCUT2D eigenvalue weighted by molar-refractivity contribution is 5.74. The van der Waals surface area contributed by atoms with E-state index >= 15 is 0 Å². The molecule has 0 heterocycles. The van der Waals surface area contributed by atoms with E-state index in [4.69, 9.17) is 0 Å². The van der Waals surface area contributed by atoms with Gasteiger partial charge in [0.15, 0.2) is 0 Å². The average molecular weight is 268 g/mol. The zero-order valence-corrected chi connectivity index (χ0v) is 11.0. The molecule has 5 heteroatoms. The van der Waals surface area contributed by atoms with Crippen LogP contribution < -0.4 is 5.32 Å². The van der Waals surface area contributed by atoms with Gasteiger partial charge in [0, 0.05) is 18.7 Å². The third kappa shape index (κ3) is 3.03. The summed E-state index contributed by atoms with van der Waals surface area (Å²) in [4.78, 5) is 13.4. The maximum atomic E-state index is 13.7. The fraction of sp³-hybridized carbons (Fsp3) is 0.500. The lowest BCUT2D eigenvalue weighted by Gasteiger charge is -2.28. The molecule has 1 aromatic rings. The molecule has 1 aromatic carbocycles. The summed E-state index contributed by atoms with van der Waals surface area (Å²) in [6.45, 7) is -0.0250. The van der Waals surface area contributed by atoms with Crippen molar-refractivity contribution in [3.8, 4) is 0 Å². The van der Waals surface area contributed by atoms with E-state index in [1.807, 2.05) is 0 Å². The van der Waals surface area contributed by atoms with Crippen LogP contribution in [-0.4, -0.2) is 24.0 Å². The van der Waals surface area contributed by atoms with Gasteiger partial charge in [0.1, 0.15) is 11.6 Å². The first-order valence-electron chi connectivity index (χ1n) is 6.54. The summed E-state index contributed by atoms with van der Waals surface area (Å²) in [6.07, 6.45) is 3.89. The summed E-state index contributed by atoms with van der Waals surface area (Å²) in [5.74, 6) is -1.21. The molecule has 3 nitrogen and oxygen atoms in total. The van der Waals surface area contributed by atoms with Crippen molar-refractivity contribution >= 4 is 6.03 Å². The molecule has 1 aliphatic carbocycles. The molecule has 0 saturated heterocycles. The van der Waals surface area contributed by atoms with E-state index in [1.165, 1.54) is 30.1 Å². The Morgan fingerprint density at radius 3 is 2.42 bits per heavy atom. The summed E-state index contributed by atoms with van der Waals surface area (Å²) >= 11 is 0. The minimum absolute atomic E-state index is 0.0250. The Labute approximate surface area is 111 Å². The van der Waals surface area contributed by atoms with E-state index in [1.54, 1.807) is 0 Å². The van der Waals surface area contributed by atoms with Gasteiger partial charge in [-0.3, -0.25) is 0 Å². The summed E-state index contributed by atoms with van der Waals surface area (Å²) in [5.41, 5.74) is -0.0435. The van der Waals surface area contributed by atoms with E-state index in [-0.39, 0.29) is 24.2 Å². The van der Waals surface area contributed by atoms with Crippen LogP contribution in [-0.2, 0) is 6.54 Å². The maximum absolute atomic E-state index is 13.7. The molecule has 2 rings (SSSR count). The average Bonchev–Trinajstić information content (AvgIpc) is 2.91. The number of amides is 2. The normalized spacial score (nSPS) is 15.5. The molecule has 0 radical (unpaired) electrons. The molecule has 2 amide bonds. The molecule has 0 spiro atoms. The number of nitrogens with zero attached hydrogens (tertiary/aromatic N) is 1. The highest BCUT2D eigenvalue weighted by atomic mass is 19.1. The van der Waals surface area contributed by atoms with Crippen molar-refractivity contribution in [2.45, 2.75) is 38.3 Å². The van der Waals surface area contributed by atoms with E-state index in [9.17, 15) is 13.6 Å². The van der Waals surface area contributed by atoms with Crippen LogP contribution in [0.3, 0.4) is 0 Å². The number of nitrogens with one attached hydrogen (secondary N) is 1. The van der Waals surface area contributed by atoms with E-state index < -0.39 is 11.6 Å². The lowest BCUT2D eigenvalue weighted by Crippen LogP contribution is -2.43. The summed E-state index contributed by atoms with van der Waals surface area (Å²) < 4.78 is 27.3. The van der Waals surface area contributed by atoms with Crippen molar-refractivity contribution in [1.82, 2.24) is 10.2 Å². The molecule has 1 N–H and O–H groups in total. The number of hydrogen-bond acceptors (Lipinski definition) is 1. The largest absolute Gasteiger partial charge is 0.341 e. The van der Waals surface area contributed by atoms with Crippen molar-refractivity contribution in [3.05, 3.63) is 35.4 Å². The van der Waals surface area contributed by atoms with Crippen LogP contribution >= 0.6 is 0 Å². The van der Waals surface area contributed by atoms with Crippen LogP contribution in [0.5, 0.6) is 0 Å². The second-order valence-corrected chi connectivity index (χ2v) is 4.82. The van der Waals surface area contributed by atoms with Gasteiger partial charge in [0.2, 0.25) is 0 Å². The Morgan fingerprint density at radius 2 is 1.89 bits per heavy atom. The molecule has 104 valence electrons. The van der Waals surface area contributed by atoms with Crippen molar-refractivity contribution in [2.24, 2.45) is 0 Å². The standard InChI is InChI=1S/C14H18F2N2O/c1-17-14(19)18(10-5-2-3-6-10)9-11-12(15)7-4-8-13(11)16/h4,7-8,10H,2-3,5-6,9H2,1H3,(H,17,19). The molecule has 19 heavy (non-hydrogen) atoms. The second kappa shape index (κ2) is 5.99. The number of carbonyl (C=O) groups is 1. The Kier molecular flexibility index (Phi) is 4.35. The fourth-order valence-electron chi connectivity index (χ4n) is 2.58. The van der Waals surface area contributed by atoms with Gasteiger partial charge >= 0.3 is 6.03 Å². The lowest BCUT2D eigenvalue weighted by atomic mass is 10.1. The lowest BCUT2D eigenvalue weighted by molar-refractivity contribution is 0.171. The molecule has 0 bridgehead atoms. The Balaban J connectivity index is 2.22. The fourth-order valence-corrected chi connectivity index (χ4v) is 2.58. The highest BCUT2D eigenvalue weighted by Crippen LogP contribution is 2.26. The Morgan fingerprint density at radius 1 is 1.32 bits per heavy atom. The Hall–Kier alpha value is -1.65. The molecule has 1 fully saturated rings. The topological polar surface area (TPSA) is 32.3 Å². The van der Waals surface area contributed by atoms with E-state index in [0.717, 1.165) is 25.7 Å². The van der Waals surface area contributed by atoms with Crippen LogP contribution in [0.25, 0.3) is 0 Å². The monoisotopic (exact) mass is 268 g/mol. The van der Waals surface area contributed by atoms with Gasteiger partial charge < -0.3 is 10.2 Å². The van der Waals surface area contributed by atoms with E-state index in [2.05, 4.69) is 5.32 Å². The number of carbonyl (C=O) groups excluding carboxylic acids is 1. The van der Waals surface area contributed by atoms with Gasteiger partial charge in [0.25, 0.3) is 0 Å². The SMILES string of the molecule is CNC(=O)N(Cc1c(F)cccc1F)C1CCCC1. The third-order valence-electron chi connectivity index (χ3n) is 3.63. The van der Waals surface area contributed by atoms with Crippen molar-refractivity contribution < 1.29 is 13.6 Å². The highest BCUT2D eigenvalue weighted by Gasteiger charge is 2.27. The number of halogens is 2. The summed E-state index contributed by atoms with van der Waals surface area (Å²) in [6, 6.07) is 3.55. The smallest absolute Gasteiger partial charge is 0.317 e. The van der Waals surface area contributed by atoms with Gasteiger partial charge in [0.05, 0.1) is 6.54 Å². The molecule has 1 aliphatic rings. The van der Waals surface area contributed by atoms with Crippen molar-refractivity contribution in [1.29, 1.82) is 0 Å². The van der Waals surface area contributed by atoms with Crippen molar-refractivity contribution in [2.75, 3.05) is 7.05 Å². The maximum Gasteiger partial charge on any atom is 0.317 e. The zero-order valence-electron chi connectivity index (χ0n) is 11.0. The predicted molar refractivity (Wildman–Crippen MR) is 68.6 cm³/mol. The number of benzene rings is 1. The summed E-state index contributed by atoms with van der Waals surface area (Å²) in [7, 11) is 1.53. The summed E-state index contributed by atoms with van der Waals surface area (Å²) in [5, 5.41) is 2.54.